The van der Waals surface area contributed by atoms with Crippen molar-refractivity contribution >= 4 is 0 Å². The van der Waals surface area contributed by atoms with E-state index in [1.807, 2.05) is 0 Å². The Labute approximate surface area is 102 Å². The predicted octanol–water partition coefficient (Wildman–Crippen LogP) is 2.89. The van der Waals surface area contributed by atoms with Gasteiger partial charge in [-0.15, -0.1) is 0 Å². The lowest BCUT2D eigenvalue weighted by molar-refractivity contribution is 0.168. The van der Waals surface area contributed by atoms with Crippen LogP contribution in [0.15, 0.2) is 0 Å². The maximum absolute atomic E-state index is 3.48. The molecule has 1 aliphatic rings. The molecule has 0 aliphatic heterocycles. The molecule has 1 fully saturated rings. The van der Waals surface area contributed by atoms with Gasteiger partial charge in [-0.2, -0.15) is 0 Å². The molecule has 0 bridgehead atoms. The lowest BCUT2D eigenvalue weighted by Gasteiger charge is -2.33. The Morgan fingerprint density at radius 2 is 1.81 bits per heavy atom. The van der Waals surface area contributed by atoms with Gasteiger partial charge in [-0.25, -0.2) is 0 Å². The van der Waals surface area contributed by atoms with Crippen LogP contribution in [-0.2, 0) is 0 Å². The number of nitrogens with one attached hydrogen (secondary N) is 1. The van der Waals surface area contributed by atoms with Crippen LogP contribution in [0.25, 0.3) is 0 Å². The molecular weight excluding hydrogens is 196 g/mol. The summed E-state index contributed by atoms with van der Waals surface area (Å²) in [6.07, 6.45) is 6.96. The normalized spacial score (nSPS) is 26.6. The maximum atomic E-state index is 3.48. The van der Waals surface area contributed by atoms with E-state index in [4.69, 9.17) is 0 Å². The van der Waals surface area contributed by atoms with Crippen LogP contribution in [0.3, 0.4) is 0 Å². The van der Waals surface area contributed by atoms with Gasteiger partial charge in [0.1, 0.15) is 0 Å². The second-order valence-corrected chi connectivity index (χ2v) is 5.86. The summed E-state index contributed by atoms with van der Waals surface area (Å²) in [4.78, 5) is 2.58. The number of hydrogen-bond donors (Lipinski definition) is 1. The van der Waals surface area contributed by atoms with Crippen molar-refractivity contribution in [3.8, 4) is 0 Å². The highest BCUT2D eigenvalue weighted by Gasteiger charge is 2.20. The molecule has 1 rings (SSSR count). The van der Waals surface area contributed by atoms with Gasteiger partial charge in [0, 0.05) is 12.1 Å². The molecule has 2 heteroatoms. The molecule has 0 aromatic carbocycles. The monoisotopic (exact) mass is 226 g/mol. The molecular formula is C14H30N2. The highest BCUT2D eigenvalue weighted by atomic mass is 15.1. The van der Waals surface area contributed by atoms with Crippen molar-refractivity contribution in [2.24, 2.45) is 5.92 Å². The largest absolute Gasteiger partial charge is 0.314 e. The Morgan fingerprint density at radius 1 is 1.19 bits per heavy atom. The zero-order valence-corrected chi connectivity index (χ0v) is 11.6. The topological polar surface area (TPSA) is 15.3 Å². The highest BCUT2D eigenvalue weighted by molar-refractivity contribution is 4.76. The van der Waals surface area contributed by atoms with Crippen LogP contribution < -0.4 is 5.32 Å². The smallest absolute Gasteiger partial charge is 0.00924 e. The first-order valence-corrected chi connectivity index (χ1v) is 7.03. The molecule has 2 nitrogen and oxygen atoms in total. The summed E-state index contributed by atoms with van der Waals surface area (Å²) < 4.78 is 0. The Morgan fingerprint density at radius 3 is 2.38 bits per heavy atom. The van der Waals surface area contributed by atoms with Crippen LogP contribution in [0.1, 0.15) is 52.9 Å². The van der Waals surface area contributed by atoms with Crippen LogP contribution >= 0.6 is 0 Å². The molecule has 0 radical (unpaired) electrons. The van der Waals surface area contributed by atoms with Crippen LogP contribution in [0.4, 0.5) is 0 Å². The van der Waals surface area contributed by atoms with Crippen molar-refractivity contribution in [2.75, 3.05) is 20.1 Å². The van der Waals surface area contributed by atoms with Crippen LogP contribution in [0.2, 0.25) is 0 Å². The molecule has 0 aromatic heterocycles. The molecule has 1 aliphatic carbocycles. The van der Waals surface area contributed by atoms with Crippen LogP contribution in [-0.4, -0.2) is 37.1 Å². The summed E-state index contributed by atoms with van der Waals surface area (Å²) in [6, 6.07) is 1.48. The van der Waals surface area contributed by atoms with Gasteiger partial charge in [-0.05, 0) is 58.2 Å². The van der Waals surface area contributed by atoms with Crippen molar-refractivity contribution in [1.82, 2.24) is 10.2 Å². The van der Waals surface area contributed by atoms with E-state index < -0.39 is 0 Å². The summed E-state index contributed by atoms with van der Waals surface area (Å²) >= 11 is 0. The van der Waals surface area contributed by atoms with Gasteiger partial charge in [0.05, 0.1) is 0 Å². The Hall–Kier alpha value is -0.0800. The minimum Gasteiger partial charge on any atom is -0.314 e. The molecule has 1 N–H and O–H groups in total. The quantitative estimate of drug-likeness (QED) is 0.701. The minimum absolute atomic E-state index is 0.626. The fourth-order valence-electron chi connectivity index (χ4n) is 2.59. The number of nitrogens with zero attached hydrogens (tertiary/aromatic N) is 1. The fraction of sp³-hybridized carbons (Fsp3) is 1.00. The van der Waals surface area contributed by atoms with Crippen molar-refractivity contribution in [3.05, 3.63) is 0 Å². The molecule has 0 amide bonds. The van der Waals surface area contributed by atoms with E-state index in [9.17, 15) is 0 Å². The van der Waals surface area contributed by atoms with E-state index >= 15 is 0 Å². The second-order valence-electron chi connectivity index (χ2n) is 5.86. The van der Waals surface area contributed by atoms with Crippen LogP contribution in [0, 0.1) is 5.92 Å². The molecule has 96 valence electrons. The van der Waals surface area contributed by atoms with Gasteiger partial charge in [0.25, 0.3) is 0 Å². The SMILES string of the molecule is CC1CCC(N(C)CCCNC(C)C)CC1. The van der Waals surface area contributed by atoms with Gasteiger partial charge < -0.3 is 10.2 Å². The molecule has 16 heavy (non-hydrogen) atoms. The van der Waals surface area contributed by atoms with E-state index in [1.165, 1.54) is 38.6 Å². The molecule has 0 aromatic rings. The summed E-state index contributed by atoms with van der Waals surface area (Å²) in [6.45, 7) is 9.23. The van der Waals surface area contributed by atoms with E-state index in [-0.39, 0.29) is 0 Å². The summed E-state index contributed by atoms with van der Waals surface area (Å²) in [5, 5.41) is 3.48. The van der Waals surface area contributed by atoms with E-state index in [2.05, 4.69) is 38.0 Å². The molecule has 0 spiro atoms. The maximum Gasteiger partial charge on any atom is 0.00924 e. The van der Waals surface area contributed by atoms with Gasteiger partial charge in [-0.3, -0.25) is 0 Å². The third-order valence-electron chi connectivity index (χ3n) is 3.85. The molecule has 1 saturated carbocycles. The summed E-state index contributed by atoms with van der Waals surface area (Å²) in [5.74, 6) is 0.965. The summed E-state index contributed by atoms with van der Waals surface area (Å²) in [7, 11) is 2.30. The molecule has 0 unspecified atom stereocenters. The van der Waals surface area contributed by atoms with Gasteiger partial charge in [0.2, 0.25) is 0 Å². The molecule has 0 heterocycles. The first-order valence-electron chi connectivity index (χ1n) is 7.03. The van der Waals surface area contributed by atoms with Gasteiger partial charge >= 0.3 is 0 Å². The van der Waals surface area contributed by atoms with E-state index in [0.29, 0.717) is 6.04 Å². The zero-order chi connectivity index (χ0) is 12.0. The number of rotatable bonds is 6. The lowest BCUT2D eigenvalue weighted by Crippen LogP contribution is -2.36. The van der Waals surface area contributed by atoms with E-state index in [1.54, 1.807) is 0 Å². The van der Waals surface area contributed by atoms with Crippen LogP contribution in [0.5, 0.6) is 0 Å². The predicted molar refractivity (Wildman–Crippen MR) is 71.8 cm³/mol. The first kappa shape index (κ1) is 14.0. The third kappa shape index (κ3) is 5.31. The zero-order valence-electron chi connectivity index (χ0n) is 11.6. The Bertz CT molecular complexity index is 172. The van der Waals surface area contributed by atoms with Crippen molar-refractivity contribution in [1.29, 1.82) is 0 Å². The highest BCUT2D eigenvalue weighted by Crippen LogP contribution is 2.26. The molecule has 0 atom stereocenters. The average molecular weight is 226 g/mol. The van der Waals surface area contributed by atoms with Gasteiger partial charge in [0.15, 0.2) is 0 Å². The average Bonchev–Trinajstić information content (AvgIpc) is 2.25. The van der Waals surface area contributed by atoms with Crippen molar-refractivity contribution in [3.63, 3.8) is 0 Å². The number of hydrogen-bond acceptors (Lipinski definition) is 2. The minimum atomic E-state index is 0.626. The Kier molecular flexibility index (Phi) is 6.37. The Balaban J connectivity index is 2.08. The standard InChI is InChI=1S/C14H30N2/c1-12(2)15-10-5-11-16(4)14-8-6-13(3)7-9-14/h12-15H,5-11H2,1-4H3. The molecule has 0 saturated heterocycles. The third-order valence-corrected chi connectivity index (χ3v) is 3.85. The fourth-order valence-corrected chi connectivity index (χ4v) is 2.59. The summed E-state index contributed by atoms with van der Waals surface area (Å²) in [5.41, 5.74) is 0. The second kappa shape index (κ2) is 7.29. The van der Waals surface area contributed by atoms with Crippen molar-refractivity contribution < 1.29 is 0 Å². The first-order chi connectivity index (χ1) is 7.59. The van der Waals surface area contributed by atoms with Crippen molar-refractivity contribution in [2.45, 2.75) is 65.0 Å². The van der Waals surface area contributed by atoms with E-state index in [0.717, 1.165) is 18.5 Å². The van der Waals surface area contributed by atoms with Gasteiger partial charge in [-0.1, -0.05) is 20.8 Å². The lowest BCUT2D eigenvalue weighted by atomic mass is 9.87.